The van der Waals surface area contributed by atoms with Crippen LogP contribution in [-0.2, 0) is 17.5 Å². The maximum Gasteiger partial charge on any atom is 0.420 e. The summed E-state index contributed by atoms with van der Waals surface area (Å²) in [6.07, 6.45) is -4.49. The Hall–Kier alpha value is -1.60. The summed E-state index contributed by atoms with van der Waals surface area (Å²) in [6.45, 7) is 6.34. The molecule has 0 unspecified atom stereocenters. The number of alkyl halides is 3. The van der Waals surface area contributed by atoms with Gasteiger partial charge in [0.15, 0.2) is 11.5 Å². The molecule has 0 aliphatic heterocycles. The molecule has 1 N–H and O–H groups in total. The van der Waals surface area contributed by atoms with Gasteiger partial charge in [-0.1, -0.05) is 13.8 Å². The SMILES string of the molecule is COC[C@H](C)NCc1cc(C(F)(F)F)c2oc(C(C)C)nc2c1. The first-order chi connectivity index (χ1) is 10.7. The number of methoxy groups -OCH3 is 1. The average Bonchev–Trinajstić information content (AvgIpc) is 2.87. The number of aromatic nitrogens is 1. The summed E-state index contributed by atoms with van der Waals surface area (Å²) in [5.74, 6) is 0.232. The van der Waals surface area contributed by atoms with Crippen LogP contribution in [0.15, 0.2) is 16.5 Å². The highest BCUT2D eigenvalue weighted by Gasteiger charge is 2.35. The van der Waals surface area contributed by atoms with Gasteiger partial charge in [-0.2, -0.15) is 13.2 Å². The lowest BCUT2D eigenvalue weighted by Gasteiger charge is -2.14. The Labute approximate surface area is 133 Å². The van der Waals surface area contributed by atoms with Gasteiger partial charge in [-0.05, 0) is 24.6 Å². The minimum Gasteiger partial charge on any atom is -0.440 e. The van der Waals surface area contributed by atoms with Crippen molar-refractivity contribution >= 4 is 11.1 Å². The molecular formula is C16H21F3N2O2. The fourth-order valence-electron chi connectivity index (χ4n) is 2.27. The standard InChI is InChI=1S/C16H21F3N2O2/c1-9(2)15-21-13-6-11(7-20-10(3)8-22-4)5-12(14(13)23-15)16(17,18)19/h5-6,9-10,20H,7-8H2,1-4H3/t10-/m0/s1. The van der Waals surface area contributed by atoms with E-state index >= 15 is 0 Å². The quantitative estimate of drug-likeness (QED) is 0.866. The molecule has 0 bridgehead atoms. The lowest BCUT2D eigenvalue weighted by molar-refractivity contribution is -0.136. The van der Waals surface area contributed by atoms with Crippen molar-refractivity contribution in [1.29, 1.82) is 0 Å². The molecule has 1 aromatic carbocycles. The molecule has 0 amide bonds. The van der Waals surface area contributed by atoms with Crippen LogP contribution in [0, 0.1) is 0 Å². The van der Waals surface area contributed by atoms with Gasteiger partial charge in [0.25, 0.3) is 0 Å². The summed E-state index contributed by atoms with van der Waals surface area (Å²) < 4.78 is 50.2. The molecule has 2 rings (SSSR count). The van der Waals surface area contributed by atoms with E-state index in [4.69, 9.17) is 9.15 Å². The topological polar surface area (TPSA) is 47.3 Å². The number of hydrogen-bond acceptors (Lipinski definition) is 4. The Morgan fingerprint density at radius 3 is 2.52 bits per heavy atom. The highest BCUT2D eigenvalue weighted by atomic mass is 19.4. The van der Waals surface area contributed by atoms with E-state index in [-0.39, 0.29) is 23.1 Å². The highest BCUT2D eigenvalue weighted by molar-refractivity contribution is 5.78. The maximum absolute atomic E-state index is 13.3. The van der Waals surface area contributed by atoms with Crippen molar-refractivity contribution in [2.24, 2.45) is 0 Å². The van der Waals surface area contributed by atoms with Crippen molar-refractivity contribution in [2.75, 3.05) is 13.7 Å². The monoisotopic (exact) mass is 330 g/mol. The van der Waals surface area contributed by atoms with E-state index < -0.39 is 11.7 Å². The third kappa shape index (κ3) is 4.23. The van der Waals surface area contributed by atoms with E-state index in [1.54, 1.807) is 13.2 Å². The largest absolute Gasteiger partial charge is 0.440 e. The van der Waals surface area contributed by atoms with Crippen LogP contribution in [0.3, 0.4) is 0 Å². The molecule has 7 heteroatoms. The van der Waals surface area contributed by atoms with Crippen LogP contribution in [0.25, 0.3) is 11.1 Å². The molecule has 2 aromatic rings. The second-order valence-corrected chi connectivity index (χ2v) is 5.93. The van der Waals surface area contributed by atoms with Gasteiger partial charge >= 0.3 is 6.18 Å². The van der Waals surface area contributed by atoms with Gasteiger partial charge in [0.05, 0.1) is 6.61 Å². The number of nitrogens with one attached hydrogen (secondary N) is 1. The van der Waals surface area contributed by atoms with Crippen molar-refractivity contribution in [3.63, 3.8) is 0 Å². The van der Waals surface area contributed by atoms with Crippen LogP contribution in [0.5, 0.6) is 0 Å². The second kappa shape index (κ2) is 6.88. The van der Waals surface area contributed by atoms with Gasteiger partial charge in [0.1, 0.15) is 11.1 Å². The Bertz CT molecular complexity index is 665. The zero-order chi connectivity index (χ0) is 17.2. The van der Waals surface area contributed by atoms with E-state index in [2.05, 4.69) is 10.3 Å². The number of benzene rings is 1. The van der Waals surface area contributed by atoms with Gasteiger partial charge in [0, 0.05) is 25.6 Å². The molecular weight excluding hydrogens is 309 g/mol. The second-order valence-electron chi connectivity index (χ2n) is 5.93. The lowest BCUT2D eigenvalue weighted by Crippen LogP contribution is -2.29. The average molecular weight is 330 g/mol. The minimum absolute atomic E-state index is 0.0357. The zero-order valence-corrected chi connectivity index (χ0v) is 13.6. The number of nitrogens with zero attached hydrogens (tertiary/aromatic N) is 1. The lowest BCUT2D eigenvalue weighted by atomic mass is 10.1. The summed E-state index contributed by atoms with van der Waals surface area (Å²) in [7, 11) is 1.58. The number of ether oxygens (including phenoxy) is 1. The van der Waals surface area contributed by atoms with Crippen molar-refractivity contribution in [2.45, 2.75) is 45.5 Å². The van der Waals surface area contributed by atoms with E-state index in [0.717, 1.165) is 6.07 Å². The molecule has 1 heterocycles. The Morgan fingerprint density at radius 1 is 1.26 bits per heavy atom. The molecule has 128 valence electrons. The van der Waals surface area contributed by atoms with Crippen LogP contribution in [0.1, 0.15) is 43.7 Å². The van der Waals surface area contributed by atoms with Crippen LogP contribution in [0.4, 0.5) is 13.2 Å². The van der Waals surface area contributed by atoms with Gasteiger partial charge in [-0.3, -0.25) is 0 Å². The number of oxazole rings is 1. The smallest absolute Gasteiger partial charge is 0.420 e. The third-order valence-electron chi connectivity index (χ3n) is 3.44. The van der Waals surface area contributed by atoms with E-state index in [1.807, 2.05) is 20.8 Å². The Balaban J connectivity index is 2.39. The van der Waals surface area contributed by atoms with Crippen LogP contribution in [-0.4, -0.2) is 24.7 Å². The van der Waals surface area contributed by atoms with Crippen molar-refractivity contribution in [1.82, 2.24) is 10.3 Å². The van der Waals surface area contributed by atoms with Crippen molar-refractivity contribution in [3.8, 4) is 0 Å². The Kier molecular flexibility index (Phi) is 5.31. The van der Waals surface area contributed by atoms with Crippen molar-refractivity contribution in [3.05, 3.63) is 29.2 Å². The van der Waals surface area contributed by atoms with Crippen LogP contribution in [0.2, 0.25) is 0 Å². The number of hydrogen-bond donors (Lipinski definition) is 1. The molecule has 0 aliphatic carbocycles. The number of fused-ring (bicyclic) bond motifs is 1. The summed E-state index contributed by atoms with van der Waals surface area (Å²) >= 11 is 0. The van der Waals surface area contributed by atoms with E-state index in [1.165, 1.54) is 0 Å². The van der Waals surface area contributed by atoms with E-state index in [9.17, 15) is 13.2 Å². The summed E-state index contributed by atoms with van der Waals surface area (Å²) in [6, 6.07) is 2.78. The highest BCUT2D eigenvalue weighted by Crippen LogP contribution is 2.37. The molecule has 4 nitrogen and oxygen atoms in total. The van der Waals surface area contributed by atoms with Gasteiger partial charge in [-0.15, -0.1) is 0 Å². The zero-order valence-electron chi connectivity index (χ0n) is 13.6. The van der Waals surface area contributed by atoms with E-state index in [0.29, 0.717) is 24.6 Å². The summed E-state index contributed by atoms with van der Waals surface area (Å²) in [5, 5.41) is 3.12. The first-order valence-corrected chi connectivity index (χ1v) is 7.45. The molecule has 0 spiro atoms. The first-order valence-electron chi connectivity index (χ1n) is 7.45. The molecule has 0 saturated heterocycles. The fraction of sp³-hybridized carbons (Fsp3) is 0.562. The normalized spacial score (nSPS) is 13.9. The predicted octanol–water partition coefficient (Wildman–Crippen LogP) is 4.09. The number of rotatable bonds is 6. The van der Waals surface area contributed by atoms with Crippen LogP contribution < -0.4 is 5.32 Å². The summed E-state index contributed by atoms with van der Waals surface area (Å²) in [5.41, 5.74) is -0.239. The predicted molar refractivity (Wildman–Crippen MR) is 81.3 cm³/mol. The van der Waals surface area contributed by atoms with Gasteiger partial charge in [-0.25, -0.2) is 4.98 Å². The molecule has 0 radical (unpaired) electrons. The minimum atomic E-state index is -4.49. The van der Waals surface area contributed by atoms with Gasteiger partial charge in [0.2, 0.25) is 0 Å². The summed E-state index contributed by atoms with van der Waals surface area (Å²) in [4.78, 5) is 4.19. The Morgan fingerprint density at radius 2 is 1.96 bits per heavy atom. The molecule has 1 aromatic heterocycles. The fourth-order valence-corrected chi connectivity index (χ4v) is 2.27. The first kappa shape index (κ1) is 17.7. The molecule has 0 saturated carbocycles. The van der Waals surface area contributed by atoms with Gasteiger partial charge < -0.3 is 14.5 Å². The van der Waals surface area contributed by atoms with Crippen molar-refractivity contribution < 1.29 is 22.3 Å². The third-order valence-corrected chi connectivity index (χ3v) is 3.44. The maximum atomic E-state index is 13.3. The molecule has 0 aliphatic rings. The molecule has 23 heavy (non-hydrogen) atoms. The van der Waals surface area contributed by atoms with Crippen LogP contribution >= 0.6 is 0 Å². The number of halogens is 3. The molecule has 1 atom stereocenters. The molecule has 0 fully saturated rings.